The Morgan fingerprint density at radius 1 is 1.15 bits per heavy atom. The van der Waals surface area contributed by atoms with E-state index >= 15 is 0 Å². The van der Waals surface area contributed by atoms with Gasteiger partial charge in [-0.1, -0.05) is 23.7 Å². The molecule has 2 aliphatic rings. The van der Waals surface area contributed by atoms with Crippen LogP contribution in [0.5, 0.6) is 0 Å². The normalized spacial score (nSPS) is 18.4. The first-order chi connectivity index (χ1) is 18.9. The molecule has 9 nitrogen and oxygen atoms in total. The number of amides is 2. The Hall–Kier alpha value is -3.38. The number of alkyl halides is 3. The molecule has 0 saturated carbocycles. The number of aromatic nitrogens is 3. The molecule has 5 rings (SSSR count). The van der Waals surface area contributed by atoms with Crippen LogP contribution >= 0.6 is 11.6 Å². The van der Waals surface area contributed by atoms with Gasteiger partial charge in [0.2, 0.25) is 11.8 Å². The van der Waals surface area contributed by atoms with Crippen molar-refractivity contribution in [2.75, 3.05) is 52.2 Å². The SMILES string of the molecule is CN(C)CC(=O)N1CCC(C(=O)N(C)[C@@H](c2ccc(N3CCCc4c3cnc3cc(Cl)nn43)cc2)C(F)(F)F)C1. The highest BCUT2D eigenvalue weighted by molar-refractivity contribution is 6.29. The zero-order valence-electron chi connectivity index (χ0n) is 22.5. The number of fused-ring (bicyclic) bond motifs is 3. The predicted octanol–water partition coefficient (Wildman–Crippen LogP) is 3.94. The number of hydrogen-bond acceptors (Lipinski definition) is 6. The van der Waals surface area contributed by atoms with E-state index in [2.05, 4.69) is 10.1 Å². The van der Waals surface area contributed by atoms with Crippen LogP contribution in [0.3, 0.4) is 0 Å². The summed E-state index contributed by atoms with van der Waals surface area (Å²) in [5, 5.41) is 4.66. The molecule has 2 aromatic heterocycles. The Kier molecular flexibility index (Phi) is 7.66. The molecule has 0 N–H and O–H groups in total. The predicted molar refractivity (Wildman–Crippen MR) is 145 cm³/mol. The van der Waals surface area contributed by atoms with Gasteiger partial charge >= 0.3 is 6.18 Å². The van der Waals surface area contributed by atoms with Gasteiger partial charge in [-0.3, -0.25) is 9.59 Å². The molecule has 1 saturated heterocycles. The summed E-state index contributed by atoms with van der Waals surface area (Å²) in [7, 11) is 4.71. The van der Waals surface area contributed by atoms with Crippen LogP contribution in [0.25, 0.3) is 5.65 Å². The number of benzene rings is 1. The second-order valence-electron chi connectivity index (χ2n) is 10.6. The van der Waals surface area contributed by atoms with Gasteiger partial charge in [0.15, 0.2) is 16.8 Å². The third kappa shape index (κ3) is 5.46. The summed E-state index contributed by atoms with van der Waals surface area (Å²) >= 11 is 6.07. The van der Waals surface area contributed by atoms with Crippen LogP contribution in [0, 0.1) is 5.92 Å². The van der Waals surface area contributed by atoms with Gasteiger partial charge in [0.05, 0.1) is 30.0 Å². The number of aryl methyl sites for hydroxylation is 1. The number of likely N-dealkylation sites (tertiary alicyclic amines) is 1. The quantitative estimate of drug-likeness (QED) is 0.442. The lowest BCUT2D eigenvalue weighted by Crippen LogP contribution is -2.43. The fourth-order valence-electron chi connectivity index (χ4n) is 5.64. The molecule has 13 heteroatoms. The monoisotopic (exact) mass is 577 g/mol. The molecule has 4 heterocycles. The average Bonchev–Trinajstić information content (AvgIpc) is 3.54. The number of likely N-dealkylation sites (N-methyl/N-ethyl adjacent to an activating group) is 1. The molecule has 2 amide bonds. The second kappa shape index (κ2) is 10.9. The van der Waals surface area contributed by atoms with Crippen LogP contribution in [0.1, 0.15) is 30.1 Å². The van der Waals surface area contributed by atoms with Crippen LogP contribution < -0.4 is 4.90 Å². The lowest BCUT2D eigenvalue weighted by atomic mass is 10.0. The van der Waals surface area contributed by atoms with Crippen molar-refractivity contribution in [2.45, 2.75) is 31.5 Å². The molecule has 1 aromatic carbocycles. The fraction of sp³-hybridized carbons (Fsp3) is 0.481. The fourth-order valence-corrected chi connectivity index (χ4v) is 5.81. The van der Waals surface area contributed by atoms with E-state index < -0.39 is 24.0 Å². The molecule has 1 fully saturated rings. The molecule has 2 atom stereocenters. The number of carbonyl (C=O) groups excluding carboxylic acids is 2. The van der Waals surface area contributed by atoms with Crippen molar-refractivity contribution >= 4 is 40.4 Å². The average molecular weight is 578 g/mol. The van der Waals surface area contributed by atoms with Crippen LogP contribution in [0.4, 0.5) is 24.5 Å². The first-order valence-electron chi connectivity index (χ1n) is 13.1. The molecule has 40 heavy (non-hydrogen) atoms. The molecular formula is C27H31ClF3N7O2. The highest BCUT2D eigenvalue weighted by Crippen LogP contribution is 2.40. The minimum atomic E-state index is -4.68. The number of halogens is 4. The summed E-state index contributed by atoms with van der Waals surface area (Å²) in [5.74, 6) is -1.44. The van der Waals surface area contributed by atoms with E-state index in [4.69, 9.17) is 11.6 Å². The summed E-state index contributed by atoms with van der Waals surface area (Å²) in [6.07, 6.45) is -1.03. The maximum atomic E-state index is 14.4. The zero-order chi connectivity index (χ0) is 28.8. The van der Waals surface area contributed by atoms with Gasteiger partial charge in [0, 0.05) is 38.4 Å². The number of carbonyl (C=O) groups is 2. The third-order valence-corrected chi connectivity index (χ3v) is 7.71. The summed E-state index contributed by atoms with van der Waals surface area (Å²) in [6.45, 7) is 1.33. The maximum absolute atomic E-state index is 14.4. The Balaban J connectivity index is 1.36. The zero-order valence-corrected chi connectivity index (χ0v) is 23.3. The highest BCUT2D eigenvalue weighted by atomic mass is 35.5. The van der Waals surface area contributed by atoms with Gasteiger partial charge in [-0.25, -0.2) is 9.50 Å². The van der Waals surface area contributed by atoms with E-state index in [9.17, 15) is 22.8 Å². The van der Waals surface area contributed by atoms with E-state index in [0.29, 0.717) is 36.0 Å². The van der Waals surface area contributed by atoms with Gasteiger partial charge in [-0.15, -0.1) is 0 Å². The Bertz CT molecular complexity index is 1410. The minimum Gasteiger partial charge on any atom is -0.341 e. The van der Waals surface area contributed by atoms with Gasteiger partial charge in [-0.05, 0) is 51.1 Å². The van der Waals surface area contributed by atoms with Crippen molar-refractivity contribution in [2.24, 2.45) is 5.92 Å². The van der Waals surface area contributed by atoms with Gasteiger partial charge in [0.25, 0.3) is 0 Å². The first-order valence-corrected chi connectivity index (χ1v) is 13.5. The van der Waals surface area contributed by atoms with Gasteiger partial charge in [-0.2, -0.15) is 18.3 Å². The molecule has 2 aliphatic heterocycles. The van der Waals surface area contributed by atoms with E-state index in [-0.39, 0.29) is 24.6 Å². The molecule has 0 bridgehead atoms. The molecular weight excluding hydrogens is 547 g/mol. The topological polar surface area (TPSA) is 77.3 Å². The second-order valence-corrected chi connectivity index (χ2v) is 11.0. The lowest BCUT2D eigenvalue weighted by molar-refractivity contribution is -0.190. The number of nitrogens with zero attached hydrogens (tertiary/aromatic N) is 7. The van der Waals surface area contributed by atoms with Crippen LogP contribution in [-0.4, -0.2) is 94.6 Å². The Morgan fingerprint density at radius 2 is 1.88 bits per heavy atom. The standard InChI is InChI=1S/C27H31ClF3N7O2/c1-34(2)16-24(39)36-12-10-18(15-36)26(40)35(3)25(27(29,30)31)17-6-8-19(9-7-17)37-11-4-5-20-21(37)14-32-23-13-22(28)33-38(20)23/h6-9,13-14,18,25H,4-5,10-12,15-16H2,1-3H3/t18?,25-/m0/s1. The smallest absolute Gasteiger partial charge is 0.341 e. The number of hydrogen-bond donors (Lipinski definition) is 0. The highest BCUT2D eigenvalue weighted by Gasteiger charge is 2.47. The minimum absolute atomic E-state index is 0.0321. The lowest BCUT2D eigenvalue weighted by Gasteiger charge is -2.33. The van der Waals surface area contributed by atoms with Crippen molar-refractivity contribution in [3.63, 3.8) is 0 Å². The third-order valence-electron chi connectivity index (χ3n) is 7.52. The van der Waals surface area contributed by atoms with Crippen LogP contribution in [0.15, 0.2) is 36.5 Å². The van der Waals surface area contributed by atoms with Gasteiger partial charge in [0.1, 0.15) is 0 Å². The Morgan fingerprint density at radius 3 is 2.55 bits per heavy atom. The summed E-state index contributed by atoms with van der Waals surface area (Å²) < 4.78 is 44.8. The van der Waals surface area contributed by atoms with Crippen LogP contribution in [-0.2, 0) is 16.0 Å². The van der Waals surface area contributed by atoms with Crippen molar-refractivity contribution in [3.8, 4) is 0 Å². The first kappa shape index (κ1) is 28.2. The van der Waals surface area contributed by atoms with E-state index in [0.717, 1.165) is 29.1 Å². The largest absolute Gasteiger partial charge is 0.413 e. The molecule has 1 unspecified atom stereocenters. The van der Waals surface area contributed by atoms with E-state index in [1.54, 1.807) is 52.8 Å². The molecule has 3 aromatic rings. The summed E-state index contributed by atoms with van der Waals surface area (Å²) in [6, 6.07) is 5.68. The Labute approximate surface area is 235 Å². The molecule has 0 radical (unpaired) electrons. The van der Waals surface area contributed by atoms with Crippen molar-refractivity contribution < 1.29 is 22.8 Å². The van der Waals surface area contributed by atoms with Gasteiger partial charge < -0.3 is 19.6 Å². The summed E-state index contributed by atoms with van der Waals surface area (Å²) in [4.78, 5) is 36.1. The number of rotatable bonds is 6. The maximum Gasteiger partial charge on any atom is 0.413 e. The molecule has 214 valence electrons. The molecule has 0 aliphatic carbocycles. The van der Waals surface area contributed by atoms with Crippen molar-refractivity contribution in [1.29, 1.82) is 0 Å². The van der Waals surface area contributed by atoms with Crippen molar-refractivity contribution in [1.82, 2.24) is 29.3 Å². The summed E-state index contributed by atoms with van der Waals surface area (Å²) in [5.41, 5.74) is 3.07. The number of anilines is 2. The van der Waals surface area contributed by atoms with Crippen LogP contribution in [0.2, 0.25) is 5.15 Å². The van der Waals surface area contributed by atoms with Crippen molar-refractivity contribution in [3.05, 3.63) is 52.9 Å². The molecule has 0 spiro atoms. The van der Waals surface area contributed by atoms with E-state index in [1.165, 1.54) is 19.2 Å². The van der Waals surface area contributed by atoms with E-state index in [1.807, 2.05) is 4.90 Å².